The largest absolute Gasteiger partial charge is 0.470 e. The molecule has 0 aliphatic heterocycles. The van der Waals surface area contributed by atoms with Gasteiger partial charge in [-0.3, -0.25) is 18.5 Å². The Hall–Kier alpha value is -0.340. The van der Waals surface area contributed by atoms with E-state index in [4.69, 9.17) is 3.63 Å². The highest BCUT2D eigenvalue weighted by atomic mass is 32.4. The zero-order valence-electron chi connectivity index (χ0n) is 16.7. The number of hydrogen-bond acceptors (Lipinski definition) is 10. The zero-order valence-corrected chi connectivity index (χ0v) is 20.8. The third-order valence-electron chi connectivity index (χ3n) is 5.37. The summed E-state index contributed by atoms with van der Waals surface area (Å²) in [7, 11) is -26.9. The molecule has 2 saturated carbocycles. The van der Waals surface area contributed by atoms with Gasteiger partial charge in [0.25, 0.3) is 0 Å². The molecule has 0 amide bonds. The van der Waals surface area contributed by atoms with Crippen LogP contribution in [0.25, 0.3) is 0 Å². The van der Waals surface area contributed by atoms with Crippen molar-refractivity contribution in [3.05, 3.63) is 0 Å². The summed E-state index contributed by atoms with van der Waals surface area (Å²) in [5.41, 5.74) is 0. The summed E-state index contributed by atoms with van der Waals surface area (Å²) in [4.78, 5) is 12.4. The second kappa shape index (κ2) is 9.73. The summed E-state index contributed by atoms with van der Waals surface area (Å²) >= 11 is -2.02. The van der Waals surface area contributed by atoms with E-state index in [1.165, 1.54) is 0 Å². The third-order valence-corrected chi connectivity index (χ3v) is 18.8. The SMILES string of the molecule is O=C1CCCCC1[S+](CC1CCCCC1)OS(=O)(=O)C(S(=O)(=O)O)(S(=O)(=O)O)S(=O)(=O)O. The van der Waals surface area contributed by atoms with Gasteiger partial charge in [-0.25, -0.2) is 0 Å². The molecular formula is C14H25O13S5+. The molecule has 2 rings (SSSR count). The predicted molar refractivity (Wildman–Crippen MR) is 113 cm³/mol. The van der Waals surface area contributed by atoms with Crippen molar-refractivity contribution in [1.82, 2.24) is 0 Å². The molecule has 0 aromatic carbocycles. The summed E-state index contributed by atoms with van der Waals surface area (Å²) in [6.45, 7) is 0. The minimum atomic E-state index is -6.79. The van der Waals surface area contributed by atoms with Crippen molar-refractivity contribution in [2.24, 2.45) is 5.92 Å². The summed E-state index contributed by atoms with van der Waals surface area (Å²) in [5.74, 6) is -0.718. The highest BCUT2D eigenvalue weighted by Crippen LogP contribution is 2.40. The topological polar surface area (TPSA) is 224 Å². The molecule has 0 spiro atoms. The maximum atomic E-state index is 12.9. The molecular weight excluding hydrogens is 536 g/mol. The maximum absolute atomic E-state index is 12.9. The van der Waals surface area contributed by atoms with Crippen molar-refractivity contribution in [2.45, 2.75) is 65.8 Å². The van der Waals surface area contributed by atoms with Crippen LogP contribution < -0.4 is 0 Å². The Balaban J connectivity index is 2.63. The first-order valence-electron chi connectivity index (χ1n) is 9.53. The fourth-order valence-electron chi connectivity index (χ4n) is 3.95. The molecule has 0 radical (unpaired) electrons. The Morgan fingerprint density at radius 2 is 1.25 bits per heavy atom. The van der Waals surface area contributed by atoms with E-state index in [0.717, 1.165) is 19.3 Å². The summed E-state index contributed by atoms with van der Waals surface area (Å²) in [5, 5.41) is -1.10. The molecule has 13 nitrogen and oxygen atoms in total. The fourth-order valence-corrected chi connectivity index (χ4v) is 14.7. The van der Waals surface area contributed by atoms with E-state index in [9.17, 15) is 52.1 Å². The van der Waals surface area contributed by atoms with Gasteiger partial charge in [-0.15, -0.1) is 0 Å². The van der Waals surface area contributed by atoms with Crippen LogP contribution in [0.2, 0.25) is 0 Å². The average Bonchev–Trinajstić information content (AvgIpc) is 2.58. The maximum Gasteiger partial charge on any atom is 0.470 e. The number of ketones is 1. The van der Waals surface area contributed by atoms with E-state index in [0.29, 0.717) is 25.7 Å². The number of Topliss-reactive ketones (excluding diaryl/α,β-unsaturated/α-hetero) is 1. The summed E-state index contributed by atoms with van der Waals surface area (Å²) in [6, 6.07) is 0. The molecule has 2 unspecified atom stereocenters. The van der Waals surface area contributed by atoms with Gasteiger partial charge in [0.05, 0.1) is 0 Å². The molecule has 0 aromatic rings. The molecule has 2 atom stereocenters. The summed E-state index contributed by atoms with van der Waals surface area (Å²) in [6.07, 6.45) is 4.91. The van der Waals surface area contributed by atoms with Crippen molar-refractivity contribution in [2.75, 3.05) is 5.75 Å². The van der Waals surface area contributed by atoms with Gasteiger partial charge in [0.15, 0.2) is 17.0 Å². The Morgan fingerprint density at radius 3 is 1.69 bits per heavy atom. The van der Waals surface area contributed by atoms with E-state index in [1.54, 1.807) is 0 Å². The van der Waals surface area contributed by atoms with Gasteiger partial charge in [-0.2, -0.15) is 33.7 Å². The van der Waals surface area contributed by atoms with Crippen LogP contribution in [0.3, 0.4) is 0 Å². The third kappa shape index (κ3) is 5.32. The smallest absolute Gasteiger partial charge is 0.294 e. The lowest BCUT2D eigenvalue weighted by Crippen LogP contribution is -2.59. The van der Waals surface area contributed by atoms with E-state index < -0.39 is 65.4 Å². The van der Waals surface area contributed by atoms with Crippen LogP contribution in [0.15, 0.2) is 0 Å². The molecule has 0 saturated heterocycles. The van der Waals surface area contributed by atoms with E-state index in [2.05, 4.69) is 0 Å². The van der Waals surface area contributed by atoms with Gasteiger partial charge < -0.3 is 0 Å². The second-order valence-electron chi connectivity index (χ2n) is 7.70. The Kier molecular flexibility index (Phi) is 8.48. The van der Waals surface area contributed by atoms with Crippen molar-refractivity contribution in [3.63, 3.8) is 0 Å². The van der Waals surface area contributed by atoms with Gasteiger partial charge in [0.1, 0.15) is 5.75 Å². The van der Waals surface area contributed by atoms with Crippen molar-refractivity contribution >= 4 is 57.4 Å². The lowest BCUT2D eigenvalue weighted by Gasteiger charge is -2.27. The molecule has 18 heteroatoms. The number of carbonyl (C=O) groups is 1. The first-order valence-corrected chi connectivity index (χ1v) is 16.6. The van der Waals surface area contributed by atoms with Gasteiger partial charge in [-0.1, -0.05) is 19.3 Å². The number of carbonyl (C=O) groups excluding carboxylic acids is 1. The normalized spacial score (nSPS) is 23.7. The molecule has 0 bridgehead atoms. The van der Waals surface area contributed by atoms with E-state index >= 15 is 0 Å². The number of hydrogen-bond donors (Lipinski definition) is 3. The van der Waals surface area contributed by atoms with Gasteiger partial charge in [0.2, 0.25) is 5.25 Å². The quantitative estimate of drug-likeness (QED) is 0.253. The lowest BCUT2D eigenvalue weighted by molar-refractivity contribution is -0.119. The minimum absolute atomic E-state index is 0.0578. The van der Waals surface area contributed by atoms with Crippen LogP contribution in [0.5, 0.6) is 0 Å². The van der Waals surface area contributed by atoms with Gasteiger partial charge >= 0.3 is 43.2 Å². The second-order valence-corrected chi connectivity index (χ2v) is 17.7. The number of rotatable bonds is 9. The van der Waals surface area contributed by atoms with Crippen LogP contribution in [0.1, 0.15) is 57.8 Å². The standard InChI is InChI=1S/C14H24O13S5/c15-12-8-4-5-9-13(12)28(10-11-6-2-1-3-7-11)27-32(25,26)14(29(16,17)18,30(19,20)21)31(22,23)24/h11,13H,1-10H2,(H2-,16,17,18,19,20,21,22,23,24)/p+1. The monoisotopic (exact) mass is 561 g/mol. The Bertz CT molecular complexity index is 1050. The molecule has 3 N–H and O–H groups in total. The Morgan fingerprint density at radius 1 is 0.781 bits per heavy atom. The molecule has 188 valence electrons. The molecule has 2 aliphatic rings. The molecule has 0 aromatic heterocycles. The van der Waals surface area contributed by atoms with Gasteiger partial charge in [0, 0.05) is 18.8 Å². The van der Waals surface area contributed by atoms with Crippen LogP contribution >= 0.6 is 0 Å². The fraction of sp³-hybridized carbons (Fsp3) is 0.929. The summed E-state index contributed by atoms with van der Waals surface area (Å²) < 4.78 is 123. The van der Waals surface area contributed by atoms with Crippen molar-refractivity contribution < 1.29 is 55.8 Å². The van der Waals surface area contributed by atoms with Crippen LogP contribution in [0, 0.1) is 5.92 Å². The minimum Gasteiger partial charge on any atom is -0.294 e. The van der Waals surface area contributed by atoms with Crippen molar-refractivity contribution in [3.8, 4) is 0 Å². The molecule has 0 heterocycles. The van der Waals surface area contributed by atoms with Gasteiger partial charge in [-0.05, 0) is 29.3 Å². The average molecular weight is 562 g/mol. The van der Waals surface area contributed by atoms with Crippen LogP contribution in [-0.2, 0) is 60.1 Å². The molecule has 2 aliphatic carbocycles. The zero-order chi connectivity index (χ0) is 24.6. The first kappa shape index (κ1) is 27.9. The van der Waals surface area contributed by atoms with Crippen LogP contribution in [-0.4, -0.2) is 66.9 Å². The Labute approximate surface area is 190 Å². The highest BCUT2D eigenvalue weighted by molar-refractivity contribution is 8.36. The molecule has 32 heavy (non-hydrogen) atoms. The predicted octanol–water partition coefficient (Wildman–Crippen LogP) is 0.233. The van der Waals surface area contributed by atoms with E-state index in [-0.39, 0.29) is 24.5 Å². The van der Waals surface area contributed by atoms with Crippen LogP contribution in [0.4, 0.5) is 0 Å². The molecule has 2 fully saturated rings. The lowest BCUT2D eigenvalue weighted by atomic mass is 9.91. The first-order chi connectivity index (χ1) is 14.5. The highest BCUT2D eigenvalue weighted by Gasteiger charge is 2.78. The van der Waals surface area contributed by atoms with E-state index in [1.807, 2.05) is 0 Å². The van der Waals surface area contributed by atoms with Crippen molar-refractivity contribution in [1.29, 1.82) is 0 Å².